The van der Waals surface area contributed by atoms with Gasteiger partial charge in [-0.3, -0.25) is 0 Å². The minimum atomic E-state index is -0.413. The highest BCUT2D eigenvalue weighted by Gasteiger charge is 2.35. The summed E-state index contributed by atoms with van der Waals surface area (Å²) in [5.41, 5.74) is 4.65. The predicted molar refractivity (Wildman–Crippen MR) is 126 cm³/mol. The summed E-state index contributed by atoms with van der Waals surface area (Å²) in [6.07, 6.45) is 0. The number of benzene rings is 2. The molecule has 0 spiro atoms. The number of aromatic nitrogens is 3. The molecule has 1 atom stereocenters. The molecular weight excluding hydrogens is 476 g/mol. The van der Waals surface area contributed by atoms with Crippen LogP contribution in [0.4, 0.5) is 5.95 Å². The Balaban J connectivity index is 1.68. The fourth-order valence-corrected chi connectivity index (χ4v) is 4.61. The number of fused-ring (bicyclic) bond motifs is 1. The van der Waals surface area contributed by atoms with Gasteiger partial charge in [0.2, 0.25) is 11.1 Å². The fourth-order valence-electron chi connectivity index (χ4n) is 3.57. The van der Waals surface area contributed by atoms with Crippen molar-refractivity contribution >= 4 is 39.6 Å². The summed E-state index contributed by atoms with van der Waals surface area (Å²) in [5, 5.41) is 8.64. The normalized spacial score (nSPS) is 15.4. The van der Waals surface area contributed by atoms with Gasteiger partial charge in [-0.1, -0.05) is 69.7 Å². The monoisotopic (exact) mass is 498 g/mol. The van der Waals surface area contributed by atoms with Gasteiger partial charge >= 0.3 is 5.97 Å². The van der Waals surface area contributed by atoms with Crippen molar-refractivity contribution in [3.8, 4) is 0 Å². The number of anilines is 1. The van der Waals surface area contributed by atoms with Crippen LogP contribution in [0.25, 0.3) is 0 Å². The van der Waals surface area contributed by atoms with Crippen LogP contribution in [0.3, 0.4) is 0 Å². The number of esters is 1. The Labute approximate surface area is 194 Å². The summed E-state index contributed by atoms with van der Waals surface area (Å²) >= 11 is 5.05. The summed E-state index contributed by atoms with van der Waals surface area (Å²) < 4.78 is 8.10. The van der Waals surface area contributed by atoms with E-state index >= 15 is 0 Å². The molecule has 8 heteroatoms. The van der Waals surface area contributed by atoms with Crippen LogP contribution < -0.4 is 5.32 Å². The van der Waals surface area contributed by atoms with Crippen molar-refractivity contribution in [2.45, 2.75) is 37.7 Å². The third-order valence-corrected chi connectivity index (χ3v) is 6.40. The van der Waals surface area contributed by atoms with Crippen molar-refractivity contribution in [1.29, 1.82) is 0 Å². The molecule has 0 bridgehead atoms. The smallest absolute Gasteiger partial charge is 0.338 e. The minimum Gasteiger partial charge on any atom is -0.463 e. The minimum absolute atomic E-state index is 0.310. The lowest BCUT2D eigenvalue weighted by Crippen LogP contribution is -2.29. The maximum atomic E-state index is 12.8. The van der Waals surface area contributed by atoms with E-state index in [0.29, 0.717) is 23.3 Å². The van der Waals surface area contributed by atoms with Gasteiger partial charge in [-0.15, -0.1) is 5.10 Å². The van der Waals surface area contributed by atoms with Crippen molar-refractivity contribution in [3.05, 3.63) is 81.0 Å². The van der Waals surface area contributed by atoms with Crippen LogP contribution in [0.2, 0.25) is 0 Å². The number of halogens is 1. The summed E-state index contributed by atoms with van der Waals surface area (Å²) in [7, 11) is 0. The van der Waals surface area contributed by atoms with E-state index in [9.17, 15) is 4.79 Å². The third-order valence-electron chi connectivity index (χ3n) is 4.96. The quantitative estimate of drug-likeness (QED) is 0.357. The lowest BCUT2D eigenvalue weighted by atomic mass is 9.96. The first-order valence-electron chi connectivity index (χ1n) is 10.0. The number of thioether (sulfide) groups is 1. The van der Waals surface area contributed by atoms with E-state index < -0.39 is 6.04 Å². The Morgan fingerprint density at radius 2 is 2.00 bits per heavy atom. The average Bonchev–Trinajstić information content (AvgIpc) is 3.14. The molecule has 1 aliphatic rings. The Morgan fingerprint density at radius 1 is 1.23 bits per heavy atom. The molecule has 0 fully saturated rings. The van der Waals surface area contributed by atoms with Crippen LogP contribution in [-0.4, -0.2) is 27.3 Å². The highest BCUT2D eigenvalue weighted by Crippen LogP contribution is 2.37. The molecular formula is C23H23BrN4O2S. The largest absolute Gasteiger partial charge is 0.463 e. The molecule has 0 unspecified atom stereocenters. The maximum Gasteiger partial charge on any atom is 0.338 e. The summed E-state index contributed by atoms with van der Waals surface area (Å²) in [6, 6.07) is 15.9. The molecule has 1 aliphatic heterocycles. The van der Waals surface area contributed by atoms with Gasteiger partial charge in [0.15, 0.2) is 0 Å². The first-order chi connectivity index (χ1) is 15.0. The van der Waals surface area contributed by atoms with Gasteiger partial charge in [0, 0.05) is 15.9 Å². The van der Waals surface area contributed by atoms with E-state index in [1.807, 2.05) is 31.2 Å². The topological polar surface area (TPSA) is 69.0 Å². The molecule has 0 aliphatic carbocycles. The second kappa shape index (κ2) is 9.28. The van der Waals surface area contributed by atoms with Crippen LogP contribution in [0.15, 0.2) is 69.4 Å². The van der Waals surface area contributed by atoms with Crippen LogP contribution in [0, 0.1) is 6.92 Å². The zero-order valence-electron chi connectivity index (χ0n) is 17.6. The molecule has 160 valence electrons. The van der Waals surface area contributed by atoms with E-state index in [1.54, 1.807) is 23.4 Å². The molecule has 0 amide bonds. The number of carbonyl (C=O) groups excluding carboxylic acids is 1. The molecule has 31 heavy (non-hydrogen) atoms. The number of hydrogen-bond acceptors (Lipinski definition) is 6. The summed E-state index contributed by atoms with van der Waals surface area (Å²) in [5.74, 6) is 1.03. The molecule has 1 aromatic heterocycles. The summed E-state index contributed by atoms with van der Waals surface area (Å²) in [6.45, 7) is 6.07. The highest BCUT2D eigenvalue weighted by molar-refractivity contribution is 9.10. The molecule has 2 heterocycles. The lowest BCUT2D eigenvalue weighted by Gasteiger charge is -2.28. The van der Waals surface area contributed by atoms with E-state index in [1.165, 1.54) is 11.1 Å². The van der Waals surface area contributed by atoms with E-state index in [-0.39, 0.29) is 5.97 Å². The molecule has 0 saturated carbocycles. The Morgan fingerprint density at radius 3 is 2.71 bits per heavy atom. The number of hydrogen-bond donors (Lipinski definition) is 1. The molecule has 0 radical (unpaired) electrons. The zero-order chi connectivity index (χ0) is 22.0. The van der Waals surface area contributed by atoms with E-state index in [4.69, 9.17) is 9.84 Å². The number of nitrogens with one attached hydrogen (secondary N) is 1. The molecule has 0 saturated heterocycles. The molecule has 3 aromatic rings. The van der Waals surface area contributed by atoms with Crippen molar-refractivity contribution in [3.63, 3.8) is 0 Å². The summed E-state index contributed by atoms with van der Waals surface area (Å²) in [4.78, 5) is 17.5. The van der Waals surface area contributed by atoms with Crippen LogP contribution >= 0.6 is 27.7 Å². The Bertz CT molecular complexity index is 1140. The standard InChI is InChI=1S/C23H23BrN4O2S/c1-4-30-21(29)19-15(3)25-22-26-23(31-13-16-7-5-6-14(2)12-16)27-28(22)20(19)17-8-10-18(24)11-9-17/h5-12,20H,4,13H2,1-3H3,(H,25,26,27)/t20-/m1/s1. The van der Waals surface area contributed by atoms with Crippen molar-refractivity contribution in [1.82, 2.24) is 14.8 Å². The molecule has 1 N–H and O–H groups in total. The number of ether oxygens (including phenoxy) is 1. The lowest BCUT2D eigenvalue weighted by molar-refractivity contribution is -0.139. The number of aryl methyl sites for hydroxylation is 1. The van der Waals surface area contributed by atoms with Gasteiger partial charge in [-0.2, -0.15) is 4.98 Å². The second-order valence-electron chi connectivity index (χ2n) is 7.28. The van der Waals surface area contributed by atoms with Gasteiger partial charge in [0.25, 0.3) is 0 Å². The van der Waals surface area contributed by atoms with Gasteiger partial charge < -0.3 is 10.1 Å². The van der Waals surface area contributed by atoms with Gasteiger partial charge in [-0.05, 0) is 44.0 Å². The molecule has 6 nitrogen and oxygen atoms in total. The van der Waals surface area contributed by atoms with Gasteiger partial charge in [-0.25, -0.2) is 9.48 Å². The maximum absolute atomic E-state index is 12.8. The number of allylic oxidation sites excluding steroid dienone is 1. The second-order valence-corrected chi connectivity index (χ2v) is 9.14. The van der Waals surface area contributed by atoms with Crippen LogP contribution in [-0.2, 0) is 15.3 Å². The molecule has 2 aromatic carbocycles. The van der Waals surface area contributed by atoms with E-state index in [2.05, 4.69) is 57.4 Å². The first kappa shape index (κ1) is 21.6. The molecule has 4 rings (SSSR count). The zero-order valence-corrected chi connectivity index (χ0v) is 20.0. The number of rotatable bonds is 6. The fraction of sp³-hybridized carbons (Fsp3) is 0.261. The van der Waals surface area contributed by atoms with Gasteiger partial charge in [0.1, 0.15) is 6.04 Å². The van der Waals surface area contributed by atoms with Crippen molar-refractivity contribution < 1.29 is 9.53 Å². The highest BCUT2D eigenvalue weighted by atomic mass is 79.9. The predicted octanol–water partition coefficient (Wildman–Crippen LogP) is 5.49. The van der Waals surface area contributed by atoms with Crippen molar-refractivity contribution in [2.75, 3.05) is 11.9 Å². The Kier molecular flexibility index (Phi) is 6.48. The SMILES string of the molecule is CCOC(=O)C1=C(C)Nc2nc(SCc3cccc(C)c3)nn2[C@@H]1c1ccc(Br)cc1. The number of nitrogens with zero attached hydrogens (tertiary/aromatic N) is 3. The van der Waals surface area contributed by atoms with Crippen LogP contribution in [0.5, 0.6) is 0 Å². The third kappa shape index (κ3) is 4.70. The first-order valence-corrected chi connectivity index (χ1v) is 11.8. The average molecular weight is 499 g/mol. The van der Waals surface area contributed by atoms with Crippen molar-refractivity contribution in [2.24, 2.45) is 0 Å². The van der Waals surface area contributed by atoms with Gasteiger partial charge in [0.05, 0.1) is 12.2 Å². The van der Waals surface area contributed by atoms with Crippen LogP contribution in [0.1, 0.15) is 36.6 Å². The number of carbonyl (C=O) groups is 1. The van der Waals surface area contributed by atoms with E-state index in [0.717, 1.165) is 21.5 Å². The Hall–Kier alpha value is -2.58.